The van der Waals surface area contributed by atoms with Crippen molar-refractivity contribution < 1.29 is 9.59 Å². The number of anilines is 2. The number of nitrogens with two attached hydrogens (primary N) is 1. The first-order chi connectivity index (χ1) is 9.58. The van der Waals surface area contributed by atoms with Gasteiger partial charge in [0.05, 0.1) is 0 Å². The average molecular weight is 273 g/mol. The smallest absolute Gasteiger partial charge is 0.251 e. The lowest BCUT2D eigenvalue weighted by molar-refractivity contribution is -0.116. The van der Waals surface area contributed by atoms with E-state index in [4.69, 9.17) is 5.73 Å². The minimum Gasteiger partial charge on any atom is -0.382 e. The molecule has 20 heavy (non-hydrogen) atoms. The van der Waals surface area contributed by atoms with E-state index in [1.54, 1.807) is 43.6 Å². The molecule has 1 heterocycles. The van der Waals surface area contributed by atoms with Crippen LogP contribution in [0.5, 0.6) is 0 Å². The fourth-order valence-electron chi connectivity index (χ4n) is 1.66. The Bertz CT molecular complexity index is 618. The molecule has 0 atom stereocenters. The predicted molar refractivity (Wildman–Crippen MR) is 75.1 cm³/mol. The van der Waals surface area contributed by atoms with Crippen LogP contribution in [0.2, 0.25) is 0 Å². The second-order valence-electron chi connectivity index (χ2n) is 4.14. The molecular formula is C13H15N5O2. The van der Waals surface area contributed by atoms with Gasteiger partial charge in [0, 0.05) is 24.5 Å². The van der Waals surface area contributed by atoms with E-state index >= 15 is 0 Å². The lowest BCUT2D eigenvalue weighted by Crippen LogP contribution is -2.20. The Morgan fingerprint density at radius 3 is 2.50 bits per heavy atom. The van der Waals surface area contributed by atoms with Crippen LogP contribution in [0.25, 0.3) is 0 Å². The summed E-state index contributed by atoms with van der Waals surface area (Å²) in [6.45, 7) is 0.0778. The van der Waals surface area contributed by atoms with Crippen molar-refractivity contribution in [3.8, 4) is 0 Å². The molecular weight excluding hydrogens is 258 g/mol. The van der Waals surface area contributed by atoms with Gasteiger partial charge in [0.2, 0.25) is 5.91 Å². The highest BCUT2D eigenvalue weighted by molar-refractivity contribution is 5.95. The van der Waals surface area contributed by atoms with Gasteiger partial charge in [0.15, 0.2) is 0 Å². The number of nitrogen functional groups attached to an aromatic ring is 1. The van der Waals surface area contributed by atoms with E-state index < -0.39 is 0 Å². The van der Waals surface area contributed by atoms with Gasteiger partial charge in [-0.2, -0.15) is 5.10 Å². The van der Waals surface area contributed by atoms with E-state index in [-0.39, 0.29) is 18.4 Å². The van der Waals surface area contributed by atoms with Crippen molar-refractivity contribution in [3.05, 3.63) is 42.1 Å². The van der Waals surface area contributed by atoms with Gasteiger partial charge in [-0.25, -0.2) is 0 Å². The van der Waals surface area contributed by atoms with Crippen LogP contribution in [-0.4, -0.2) is 28.6 Å². The Labute approximate surface area is 115 Å². The van der Waals surface area contributed by atoms with E-state index in [1.165, 1.54) is 4.68 Å². The summed E-state index contributed by atoms with van der Waals surface area (Å²) < 4.78 is 1.45. The standard InChI is InChI=1S/C13H15N5O2/c1-15-13(20)9-2-4-10(5-3-9)16-12(19)8-18-7-6-11(14)17-18/h2-7H,8H2,1H3,(H2,14,17)(H,15,20)(H,16,19). The van der Waals surface area contributed by atoms with Crippen LogP contribution < -0.4 is 16.4 Å². The molecule has 2 rings (SSSR count). The number of carbonyl (C=O) groups excluding carboxylic acids is 2. The number of carbonyl (C=O) groups is 2. The maximum absolute atomic E-state index is 11.8. The third-order valence-corrected chi connectivity index (χ3v) is 2.62. The summed E-state index contributed by atoms with van der Waals surface area (Å²) in [7, 11) is 1.56. The third kappa shape index (κ3) is 3.35. The Morgan fingerprint density at radius 1 is 1.25 bits per heavy atom. The van der Waals surface area contributed by atoms with Crippen molar-refractivity contribution in [3.63, 3.8) is 0 Å². The summed E-state index contributed by atoms with van der Waals surface area (Å²) in [6.07, 6.45) is 1.63. The summed E-state index contributed by atoms with van der Waals surface area (Å²) in [5.74, 6) is -0.0246. The molecule has 1 aromatic heterocycles. The number of nitrogens with one attached hydrogen (secondary N) is 2. The molecule has 0 unspecified atom stereocenters. The lowest BCUT2D eigenvalue weighted by atomic mass is 10.2. The average Bonchev–Trinajstić information content (AvgIpc) is 2.84. The minimum absolute atomic E-state index is 0.0778. The summed E-state index contributed by atoms with van der Waals surface area (Å²) >= 11 is 0. The molecule has 0 fully saturated rings. The molecule has 2 amide bonds. The maximum atomic E-state index is 11.8. The zero-order valence-corrected chi connectivity index (χ0v) is 11.0. The lowest BCUT2D eigenvalue weighted by Gasteiger charge is -2.06. The SMILES string of the molecule is CNC(=O)c1ccc(NC(=O)Cn2ccc(N)n2)cc1. The van der Waals surface area contributed by atoms with Crippen molar-refractivity contribution in [2.75, 3.05) is 18.1 Å². The Kier molecular flexibility index (Phi) is 3.99. The van der Waals surface area contributed by atoms with E-state index in [2.05, 4.69) is 15.7 Å². The molecule has 7 heteroatoms. The molecule has 0 aliphatic carbocycles. The number of hydrogen-bond acceptors (Lipinski definition) is 4. The summed E-state index contributed by atoms with van der Waals surface area (Å²) in [4.78, 5) is 23.1. The van der Waals surface area contributed by atoms with Crippen molar-refractivity contribution in [1.29, 1.82) is 0 Å². The van der Waals surface area contributed by atoms with Crippen LogP contribution in [-0.2, 0) is 11.3 Å². The molecule has 0 bridgehead atoms. The van der Waals surface area contributed by atoms with Gasteiger partial charge in [-0.1, -0.05) is 0 Å². The van der Waals surface area contributed by atoms with E-state index in [0.717, 1.165) is 0 Å². The number of amides is 2. The van der Waals surface area contributed by atoms with E-state index in [0.29, 0.717) is 17.1 Å². The van der Waals surface area contributed by atoms with Crippen molar-refractivity contribution in [2.24, 2.45) is 0 Å². The summed E-state index contributed by atoms with van der Waals surface area (Å²) in [6, 6.07) is 8.23. The monoisotopic (exact) mass is 273 g/mol. The van der Waals surface area contributed by atoms with Gasteiger partial charge in [-0.3, -0.25) is 14.3 Å². The fourth-order valence-corrected chi connectivity index (χ4v) is 1.66. The van der Waals surface area contributed by atoms with E-state index in [1.807, 2.05) is 0 Å². The van der Waals surface area contributed by atoms with Crippen LogP contribution in [0.4, 0.5) is 11.5 Å². The van der Waals surface area contributed by atoms with Gasteiger partial charge >= 0.3 is 0 Å². The quantitative estimate of drug-likeness (QED) is 0.753. The molecule has 0 saturated heterocycles. The molecule has 0 aliphatic heterocycles. The Balaban J connectivity index is 1.96. The Hall–Kier alpha value is -2.83. The third-order valence-electron chi connectivity index (χ3n) is 2.62. The van der Waals surface area contributed by atoms with Gasteiger partial charge in [-0.15, -0.1) is 0 Å². The number of rotatable bonds is 4. The minimum atomic E-state index is -0.221. The molecule has 0 spiro atoms. The first-order valence-electron chi connectivity index (χ1n) is 5.99. The van der Waals surface area contributed by atoms with Crippen LogP contribution >= 0.6 is 0 Å². The second kappa shape index (κ2) is 5.87. The second-order valence-corrected chi connectivity index (χ2v) is 4.14. The van der Waals surface area contributed by atoms with Crippen LogP contribution in [0, 0.1) is 0 Å². The van der Waals surface area contributed by atoms with Gasteiger partial charge in [0.25, 0.3) is 5.91 Å². The van der Waals surface area contributed by atoms with Gasteiger partial charge in [0.1, 0.15) is 12.4 Å². The zero-order valence-electron chi connectivity index (χ0n) is 11.0. The maximum Gasteiger partial charge on any atom is 0.251 e. The molecule has 1 aromatic carbocycles. The normalized spacial score (nSPS) is 10.1. The highest BCUT2D eigenvalue weighted by Gasteiger charge is 2.06. The van der Waals surface area contributed by atoms with Crippen LogP contribution in [0.1, 0.15) is 10.4 Å². The Morgan fingerprint density at radius 2 is 1.95 bits per heavy atom. The van der Waals surface area contributed by atoms with Crippen molar-refractivity contribution in [2.45, 2.75) is 6.54 Å². The number of hydrogen-bond donors (Lipinski definition) is 3. The molecule has 104 valence electrons. The first-order valence-corrected chi connectivity index (χ1v) is 5.99. The highest BCUT2D eigenvalue weighted by atomic mass is 16.2. The number of nitrogens with zero attached hydrogens (tertiary/aromatic N) is 2. The topological polar surface area (TPSA) is 102 Å². The van der Waals surface area contributed by atoms with Crippen molar-refractivity contribution in [1.82, 2.24) is 15.1 Å². The molecule has 0 radical (unpaired) electrons. The highest BCUT2D eigenvalue weighted by Crippen LogP contribution is 2.09. The number of aromatic nitrogens is 2. The van der Waals surface area contributed by atoms with E-state index in [9.17, 15) is 9.59 Å². The van der Waals surface area contributed by atoms with Crippen LogP contribution in [0.3, 0.4) is 0 Å². The molecule has 0 aliphatic rings. The summed E-state index contributed by atoms with van der Waals surface area (Å²) in [5.41, 5.74) is 6.61. The molecule has 4 N–H and O–H groups in total. The van der Waals surface area contributed by atoms with Crippen LogP contribution in [0.15, 0.2) is 36.5 Å². The molecule has 0 saturated carbocycles. The molecule has 2 aromatic rings. The summed E-state index contributed by atoms with van der Waals surface area (Å²) in [5, 5.41) is 9.16. The zero-order chi connectivity index (χ0) is 14.5. The molecule has 7 nitrogen and oxygen atoms in total. The van der Waals surface area contributed by atoms with Crippen molar-refractivity contribution >= 4 is 23.3 Å². The number of benzene rings is 1. The first kappa shape index (κ1) is 13.6. The predicted octanol–water partition coefficient (Wildman–Crippen LogP) is 0.464. The largest absolute Gasteiger partial charge is 0.382 e. The van der Waals surface area contributed by atoms with Gasteiger partial charge in [-0.05, 0) is 30.3 Å². The van der Waals surface area contributed by atoms with Gasteiger partial charge < -0.3 is 16.4 Å². The fraction of sp³-hybridized carbons (Fsp3) is 0.154.